The van der Waals surface area contributed by atoms with Crippen LogP contribution in [0.3, 0.4) is 0 Å². The third kappa shape index (κ3) is 3.59. The maximum Gasteiger partial charge on any atom is 0.179 e. The molecule has 0 bridgehead atoms. The van der Waals surface area contributed by atoms with Crippen molar-refractivity contribution in [1.82, 2.24) is 10.3 Å². The van der Waals surface area contributed by atoms with Gasteiger partial charge in [0.25, 0.3) is 0 Å². The molecule has 0 unspecified atom stereocenters. The molecule has 0 aliphatic rings. The third-order valence-electron chi connectivity index (χ3n) is 2.61. The molecule has 0 saturated heterocycles. The van der Waals surface area contributed by atoms with Crippen LogP contribution in [0.5, 0.6) is 11.5 Å². The van der Waals surface area contributed by atoms with Crippen molar-refractivity contribution in [3.05, 3.63) is 39.3 Å². The van der Waals surface area contributed by atoms with Crippen molar-refractivity contribution >= 4 is 22.9 Å². The van der Waals surface area contributed by atoms with Crippen LogP contribution in [0.15, 0.2) is 23.8 Å². The molecule has 1 N–H and O–H groups in total. The first-order chi connectivity index (χ1) is 9.24. The molecular weight excluding hydrogens is 284 g/mol. The summed E-state index contributed by atoms with van der Waals surface area (Å²) in [6.07, 6.45) is 1.86. The molecule has 0 fully saturated rings. The zero-order chi connectivity index (χ0) is 13.7. The average Bonchev–Trinajstić information content (AvgIpc) is 2.91. The molecule has 0 saturated carbocycles. The zero-order valence-corrected chi connectivity index (χ0v) is 12.3. The van der Waals surface area contributed by atoms with Gasteiger partial charge in [-0.25, -0.2) is 0 Å². The molecule has 1 aromatic heterocycles. The van der Waals surface area contributed by atoms with E-state index in [9.17, 15) is 0 Å². The molecule has 1 aromatic carbocycles. The average molecular weight is 299 g/mol. The molecule has 0 aliphatic carbocycles. The van der Waals surface area contributed by atoms with E-state index < -0.39 is 0 Å². The Morgan fingerprint density at radius 3 is 2.74 bits per heavy atom. The second-order valence-electron chi connectivity index (χ2n) is 3.88. The van der Waals surface area contributed by atoms with E-state index in [1.54, 1.807) is 25.6 Å². The van der Waals surface area contributed by atoms with E-state index >= 15 is 0 Å². The molecular formula is C13H15ClN2O2S. The predicted octanol–water partition coefficient (Wildman–Crippen LogP) is 3.10. The van der Waals surface area contributed by atoms with Gasteiger partial charge in [-0.3, -0.25) is 4.98 Å². The van der Waals surface area contributed by atoms with Crippen molar-refractivity contribution in [2.24, 2.45) is 0 Å². The maximum atomic E-state index is 6.15. The Morgan fingerprint density at radius 2 is 2.11 bits per heavy atom. The minimum atomic E-state index is 0.552. The van der Waals surface area contributed by atoms with Gasteiger partial charge >= 0.3 is 0 Å². The van der Waals surface area contributed by atoms with E-state index in [1.165, 1.54) is 4.88 Å². The summed E-state index contributed by atoms with van der Waals surface area (Å²) >= 11 is 7.78. The summed E-state index contributed by atoms with van der Waals surface area (Å²) in [6, 6.07) is 3.80. The first-order valence-electron chi connectivity index (χ1n) is 5.73. The van der Waals surface area contributed by atoms with Gasteiger partial charge in [-0.15, -0.1) is 11.3 Å². The van der Waals surface area contributed by atoms with Crippen molar-refractivity contribution in [3.8, 4) is 11.5 Å². The third-order valence-corrected chi connectivity index (χ3v) is 3.67. The van der Waals surface area contributed by atoms with Gasteiger partial charge in [0.2, 0.25) is 0 Å². The highest BCUT2D eigenvalue weighted by atomic mass is 35.5. The van der Waals surface area contributed by atoms with Crippen molar-refractivity contribution in [2.75, 3.05) is 14.2 Å². The Hall–Kier alpha value is -1.30. The lowest BCUT2D eigenvalue weighted by molar-refractivity contribution is 0.354. The smallest absolute Gasteiger partial charge is 0.179 e. The summed E-state index contributed by atoms with van der Waals surface area (Å²) in [5, 5.41) is 3.89. The summed E-state index contributed by atoms with van der Waals surface area (Å²) in [4.78, 5) is 5.23. The van der Waals surface area contributed by atoms with Gasteiger partial charge in [-0.1, -0.05) is 11.6 Å². The Balaban J connectivity index is 2.02. The number of rotatable bonds is 6. The van der Waals surface area contributed by atoms with Gasteiger partial charge in [0.1, 0.15) is 0 Å². The van der Waals surface area contributed by atoms with E-state index in [0.29, 0.717) is 23.1 Å². The quantitative estimate of drug-likeness (QED) is 0.890. The van der Waals surface area contributed by atoms with Crippen LogP contribution in [0.4, 0.5) is 0 Å². The first kappa shape index (κ1) is 14.1. The molecule has 0 radical (unpaired) electrons. The Labute approximate surface area is 121 Å². The van der Waals surface area contributed by atoms with Gasteiger partial charge in [0, 0.05) is 24.2 Å². The molecule has 0 aliphatic heterocycles. The van der Waals surface area contributed by atoms with Crippen molar-refractivity contribution < 1.29 is 9.47 Å². The van der Waals surface area contributed by atoms with E-state index in [1.807, 2.05) is 23.8 Å². The minimum absolute atomic E-state index is 0.552. The Bertz CT molecular complexity index is 532. The van der Waals surface area contributed by atoms with Crippen LogP contribution in [0.1, 0.15) is 10.4 Å². The molecule has 6 heteroatoms. The number of aromatic nitrogens is 1. The molecule has 0 atom stereocenters. The standard InChI is InChI=1S/C13H15ClN2O2S/c1-17-12-4-9(3-11(14)13(12)18-2)5-15-6-10-7-16-8-19-10/h3-4,7-8,15H,5-6H2,1-2H3. The summed E-state index contributed by atoms with van der Waals surface area (Å²) < 4.78 is 10.5. The number of nitrogens with zero attached hydrogens (tertiary/aromatic N) is 1. The van der Waals surface area contributed by atoms with Gasteiger partial charge in [-0.2, -0.15) is 0 Å². The normalized spacial score (nSPS) is 10.5. The second-order valence-corrected chi connectivity index (χ2v) is 5.26. The largest absolute Gasteiger partial charge is 0.493 e. The molecule has 2 aromatic rings. The highest BCUT2D eigenvalue weighted by Gasteiger charge is 2.10. The van der Waals surface area contributed by atoms with Crippen LogP contribution in [-0.4, -0.2) is 19.2 Å². The topological polar surface area (TPSA) is 43.4 Å². The molecule has 2 rings (SSSR count). The number of hydrogen-bond acceptors (Lipinski definition) is 5. The molecule has 0 spiro atoms. The first-order valence-corrected chi connectivity index (χ1v) is 6.99. The lowest BCUT2D eigenvalue weighted by Gasteiger charge is -2.12. The fourth-order valence-corrected chi connectivity index (χ4v) is 2.61. The number of nitrogens with one attached hydrogen (secondary N) is 1. The van der Waals surface area contributed by atoms with Gasteiger partial charge in [0.05, 0.1) is 24.8 Å². The number of methoxy groups -OCH3 is 2. The number of hydrogen-bond donors (Lipinski definition) is 1. The molecule has 102 valence electrons. The summed E-state index contributed by atoms with van der Waals surface area (Å²) in [5.41, 5.74) is 2.87. The highest BCUT2D eigenvalue weighted by molar-refractivity contribution is 7.09. The van der Waals surface area contributed by atoms with Gasteiger partial charge < -0.3 is 14.8 Å². The summed E-state index contributed by atoms with van der Waals surface area (Å²) in [7, 11) is 3.17. The van der Waals surface area contributed by atoms with E-state index in [2.05, 4.69) is 10.3 Å². The van der Waals surface area contributed by atoms with Crippen LogP contribution < -0.4 is 14.8 Å². The van der Waals surface area contributed by atoms with Gasteiger partial charge in [-0.05, 0) is 17.7 Å². The Morgan fingerprint density at radius 1 is 1.26 bits per heavy atom. The molecule has 0 amide bonds. The number of benzene rings is 1. The fourth-order valence-electron chi connectivity index (χ4n) is 1.73. The maximum absolute atomic E-state index is 6.15. The predicted molar refractivity (Wildman–Crippen MR) is 77.2 cm³/mol. The van der Waals surface area contributed by atoms with E-state index in [4.69, 9.17) is 21.1 Å². The zero-order valence-electron chi connectivity index (χ0n) is 10.8. The fraction of sp³-hybridized carbons (Fsp3) is 0.308. The lowest BCUT2D eigenvalue weighted by Crippen LogP contribution is -2.12. The van der Waals surface area contributed by atoms with Crippen LogP contribution in [0, 0.1) is 0 Å². The molecule has 4 nitrogen and oxygen atoms in total. The minimum Gasteiger partial charge on any atom is -0.493 e. The SMILES string of the molecule is COc1cc(CNCc2cncs2)cc(Cl)c1OC. The van der Waals surface area contributed by atoms with Crippen molar-refractivity contribution in [2.45, 2.75) is 13.1 Å². The highest BCUT2D eigenvalue weighted by Crippen LogP contribution is 2.35. The van der Waals surface area contributed by atoms with Crippen LogP contribution in [0.25, 0.3) is 0 Å². The van der Waals surface area contributed by atoms with Crippen LogP contribution in [0.2, 0.25) is 5.02 Å². The van der Waals surface area contributed by atoms with E-state index in [0.717, 1.165) is 12.1 Å². The summed E-state index contributed by atoms with van der Waals surface area (Å²) in [6.45, 7) is 1.49. The number of ether oxygens (including phenoxy) is 2. The lowest BCUT2D eigenvalue weighted by atomic mass is 10.2. The molecule has 19 heavy (non-hydrogen) atoms. The van der Waals surface area contributed by atoms with Crippen LogP contribution in [-0.2, 0) is 13.1 Å². The number of thiazole rings is 1. The Kier molecular flexibility index (Phi) is 5.01. The van der Waals surface area contributed by atoms with Crippen molar-refractivity contribution in [3.63, 3.8) is 0 Å². The monoisotopic (exact) mass is 298 g/mol. The van der Waals surface area contributed by atoms with Crippen molar-refractivity contribution in [1.29, 1.82) is 0 Å². The van der Waals surface area contributed by atoms with Crippen LogP contribution >= 0.6 is 22.9 Å². The van der Waals surface area contributed by atoms with Gasteiger partial charge in [0.15, 0.2) is 11.5 Å². The number of halogens is 1. The van der Waals surface area contributed by atoms with E-state index in [-0.39, 0.29) is 0 Å². The second kappa shape index (κ2) is 6.75. The summed E-state index contributed by atoms with van der Waals surface area (Å²) in [5.74, 6) is 1.21. The molecule has 1 heterocycles.